The highest BCUT2D eigenvalue weighted by molar-refractivity contribution is 5.88. The van der Waals surface area contributed by atoms with E-state index in [1.807, 2.05) is 24.4 Å². The monoisotopic (exact) mass is 260 g/mol. The molecular weight excluding hydrogens is 240 g/mol. The molecule has 1 heterocycles. The number of hydrogen-bond donors (Lipinski definition) is 1. The highest BCUT2D eigenvalue weighted by Gasteiger charge is 2.15. The summed E-state index contributed by atoms with van der Waals surface area (Å²) < 4.78 is 10.7. The minimum Gasteiger partial charge on any atom is -0.493 e. The quantitative estimate of drug-likeness (QED) is 0.898. The topological polar surface area (TPSA) is 57.4 Å². The van der Waals surface area contributed by atoms with Crippen molar-refractivity contribution >= 4 is 10.8 Å². The molecular formula is C15H20N2O2. The van der Waals surface area contributed by atoms with Crippen molar-refractivity contribution in [2.24, 2.45) is 5.73 Å². The number of fused-ring (bicyclic) bond motifs is 1. The summed E-state index contributed by atoms with van der Waals surface area (Å²) in [4.78, 5) is 4.50. The van der Waals surface area contributed by atoms with Crippen molar-refractivity contribution in [1.29, 1.82) is 0 Å². The molecule has 0 bridgehead atoms. The second-order valence-electron chi connectivity index (χ2n) is 4.47. The molecule has 102 valence electrons. The summed E-state index contributed by atoms with van der Waals surface area (Å²) in [5.74, 6) is 1.71. The first-order valence-corrected chi connectivity index (χ1v) is 6.45. The van der Waals surface area contributed by atoms with E-state index in [9.17, 15) is 0 Å². The van der Waals surface area contributed by atoms with Gasteiger partial charge in [0.15, 0.2) is 11.5 Å². The Hall–Kier alpha value is -1.81. The Morgan fingerprint density at radius 1 is 1.21 bits per heavy atom. The standard InChI is InChI=1S/C15H20N2O2/c1-4-10(9-16)15-12-8-14(19-3)13(18-2)7-11(12)5-6-17-15/h5-8,10H,4,9,16H2,1-3H3. The maximum atomic E-state index is 5.84. The summed E-state index contributed by atoms with van der Waals surface area (Å²) in [6, 6.07) is 5.93. The molecule has 0 aliphatic rings. The van der Waals surface area contributed by atoms with Crippen LogP contribution in [0.1, 0.15) is 25.0 Å². The Morgan fingerprint density at radius 2 is 1.89 bits per heavy atom. The van der Waals surface area contributed by atoms with Crippen LogP contribution in [-0.2, 0) is 0 Å². The summed E-state index contributed by atoms with van der Waals surface area (Å²) in [6.45, 7) is 2.72. The van der Waals surface area contributed by atoms with E-state index in [0.717, 1.165) is 34.4 Å². The van der Waals surface area contributed by atoms with E-state index in [4.69, 9.17) is 15.2 Å². The van der Waals surface area contributed by atoms with Crippen LogP contribution in [0.2, 0.25) is 0 Å². The summed E-state index contributed by atoms with van der Waals surface area (Å²) in [5.41, 5.74) is 6.87. The first-order valence-electron chi connectivity index (χ1n) is 6.45. The van der Waals surface area contributed by atoms with E-state index < -0.39 is 0 Å². The van der Waals surface area contributed by atoms with Crippen molar-refractivity contribution in [3.05, 3.63) is 30.1 Å². The zero-order valence-corrected chi connectivity index (χ0v) is 11.6. The van der Waals surface area contributed by atoms with Gasteiger partial charge in [-0.1, -0.05) is 6.92 Å². The molecule has 0 amide bonds. The fourth-order valence-corrected chi connectivity index (χ4v) is 2.32. The highest BCUT2D eigenvalue weighted by Crippen LogP contribution is 2.35. The molecule has 2 rings (SSSR count). The summed E-state index contributed by atoms with van der Waals surface area (Å²) >= 11 is 0. The molecule has 0 fully saturated rings. The smallest absolute Gasteiger partial charge is 0.161 e. The van der Waals surface area contributed by atoms with Crippen molar-refractivity contribution in [1.82, 2.24) is 4.98 Å². The minimum atomic E-state index is 0.266. The van der Waals surface area contributed by atoms with Gasteiger partial charge in [0.1, 0.15) is 0 Å². The summed E-state index contributed by atoms with van der Waals surface area (Å²) in [7, 11) is 3.28. The number of rotatable bonds is 5. The number of hydrogen-bond acceptors (Lipinski definition) is 4. The zero-order chi connectivity index (χ0) is 13.8. The Morgan fingerprint density at radius 3 is 2.47 bits per heavy atom. The van der Waals surface area contributed by atoms with Crippen LogP contribution in [0.15, 0.2) is 24.4 Å². The minimum absolute atomic E-state index is 0.266. The van der Waals surface area contributed by atoms with E-state index in [0.29, 0.717) is 6.54 Å². The molecule has 0 saturated heterocycles. The maximum Gasteiger partial charge on any atom is 0.161 e. The zero-order valence-electron chi connectivity index (χ0n) is 11.6. The van der Waals surface area contributed by atoms with E-state index in [2.05, 4.69) is 11.9 Å². The van der Waals surface area contributed by atoms with Crippen LogP contribution in [0.4, 0.5) is 0 Å². The molecule has 4 nitrogen and oxygen atoms in total. The number of pyridine rings is 1. The Kier molecular flexibility index (Phi) is 4.22. The first-order chi connectivity index (χ1) is 9.24. The molecule has 0 aliphatic carbocycles. The molecule has 0 aliphatic heterocycles. The van der Waals surface area contributed by atoms with E-state index in [1.165, 1.54) is 0 Å². The average molecular weight is 260 g/mol. The number of ether oxygens (including phenoxy) is 2. The van der Waals surface area contributed by atoms with Crippen LogP contribution in [0.3, 0.4) is 0 Å². The van der Waals surface area contributed by atoms with Crippen LogP contribution in [0, 0.1) is 0 Å². The Bertz CT molecular complexity index is 565. The number of benzene rings is 1. The fraction of sp³-hybridized carbons (Fsp3) is 0.400. The highest BCUT2D eigenvalue weighted by atomic mass is 16.5. The van der Waals surface area contributed by atoms with Crippen molar-refractivity contribution in [3.63, 3.8) is 0 Å². The van der Waals surface area contributed by atoms with Crippen LogP contribution >= 0.6 is 0 Å². The van der Waals surface area contributed by atoms with Gasteiger partial charge < -0.3 is 15.2 Å². The SMILES string of the molecule is CCC(CN)c1nccc2cc(OC)c(OC)cc12. The van der Waals surface area contributed by atoms with Crippen molar-refractivity contribution in [2.75, 3.05) is 20.8 Å². The Labute approximate surface area is 113 Å². The third-order valence-corrected chi connectivity index (χ3v) is 3.46. The maximum absolute atomic E-state index is 5.84. The van der Waals surface area contributed by atoms with Gasteiger partial charge in [-0.05, 0) is 30.0 Å². The molecule has 1 unspecified atom stereocenters. The molecule has 0 spiro atoms. The van der Waals surface area contributed by atoms with Gasteiger partial charge >= 0.3 is 0 Å². The molecule has 0 saturated carbocycles. The van der Waals surface area contributed by atoms with Gasteiger partial charge in [0.05, 0.1) is 19.9 Å². The Balaban J connectivity index is 2.66. The molecule has 4 heteroatoms. The lowest BCUT2D eigenvalue weighted by atomic mass is 9.96. The summed E-state index contributed by atoms with van der Waals surface area (Å²) in [5, 5.41) is 2.17. The molecule has 1 aromatic carbocycles. The second-order valence-corrected chi connectivity index (χ2v) is 4.47. The van der Waals surface area contributed by atoms with Gasteiger partial charge in [0, 0.05) is 24.0 Å². The van der Waals surface area contributed by atoms with E-state index in [1.54, 1.807) is 14.2 Å². The van der Waals surface area contributed by atoms with Gasteiger partial charge in [-0.15, -0.1) is 0 Å². The number of nitrogens with two attached hydrogens (primary N) is 1. The molecule has 2 aromatic rings. The second kappa shape index (κ2) is 5.89. The summed E-state index contributed by atoms with van der Waals surface area (Å²) in [6.07, 6.45) is 2.79. The van der Waals surface area contributed by atoms with E-state index >= 15 is 0 Å². The fourth-order valence-electron chi connectivity index (χ4n) is 2.32. The number of aromatic nitrogens is 1. The van der Waals surface area contributed by atoms with Crippen molar-refractivity contribution in [3.8, 4) is 11.5 Å². The van der Waals surface area contributed by atoms with Gasteiger partial charge in [0.2, 0.25) is 0 Å². The lowest BCUT2D eigenvalue weighted by Gasteiger charge is -2.16. The predicted octanol–water partition coefficient (Wildman–Crippen LogP) is 2.70. The number of methoxy groups -OCH3 is 2. The van der Waals surface area contributed by atoms with Crippen molar-refractivity contribution < 1.29 is 9.47 Å². The lowest BCUT2D eigenvalue weighted by Crippen LogP contribution is -2.13. The molecule has 2 N–H and O–H groups in total. The third-order valence-electron chi connectivity index (χ3n) is 3.46. The normalized spacial score (nSPS) is 12.4. The lowest BCUT2D eigenvalue weighted by molar-refractivity contribution is 0.356. The molecule has 0 radical (unpaired) electrons. The van der Waals surface area contributed by atoms with Crippen LogP contribution < -0.4 is 15.2 Å². The molecule has 19 heavy (non-hydrogen) atoms. The first kappa shape index (κ1) is 13.6. The predicted molar refractivity (Wildman–Crippen MR) is 76.9 cm³/mol. The van der Waals surface area contributed by atoms with Gasteiger partial charge in [-0.25, -0.2) is 0 Å². The van der Waals surface area contributed by atoms with Crippen LogP contribution in [0.25, 0.3) is 10.8 Å². The van der Waals surface area contributed by atoms with Gasteiger partial charge in [-0.3, -0.25) is 4.98 Å². The number of nitrogens with zero attached hydrogens (tertiary/aromatic N) is 1. The van der Waals surface area contributed by atoms with Crippen LogP contribution in [-0.4, -0.2) is 25.7 Å². The van der Waals surface area contributed by atoms with Crippen LogP contribution in [0.5, 0.6) is 11.5 Å². The third kappa shape index (κ3) is 2.49. The van der Waals surface area contributed by atoms with E-state index in [-0.39, 0.29) is 5.92 Å². The van der Waals surface area contributed by atoms with Gasteiger partial charge in [-0.2, -0.15) is 0 Å². The molecule has 1 atom stereocenters. The van der Waals surface area contributed by atoms with Gasteiger partial charge in [0.25, 0.3) is 0 Å². The van der Waals surface area contributed by atoms with Crippen molar-refractivity contribution in [2.45, 2.75) is 19.3 Å². The largest absolute Gasteiger partial charge is 0.493 e. The average Bonchev–Trinajstić information content (AvgIpc) is 2.47. The molecule has 1 aromatic heterocycles.